The van der Waals surface area contributed by atoms with Gasteiger partial charge in [-0.15, -0.1) is 0 Å². The van der Waals surface area contributed by atoms with Crippen LogP contribution in [0.3, 0.4) is 0 Å². The lowest BCUT2D eigenvalue weighted by Gasteiger charge is -2.20. The molecular formula is C15H19N3O. The maximum atomic E-state index is 5.40. The van der Waals surface area contributed by atoms with Crippen LogP contribution >= 0.6 is 0 Å². The minimum Gasteiger partial charge on any atom is -0.495 e. The number of ether oxygens (including phenoxy) is 1. The molecule has 4 heteroatoms. The van der Waals surface area contributed by atoms with E-state index in [1.165, 1.54) is 0 Å². The van der Waals surface area contributed by atoms with E-state index in [9.17, 15) is 0 Å². The molecular weight excluding hydrogens is 238 g/mol. The second-order valence-corrected chi connectivity index (χ2v) is 4.26. The topological polar surface area (TPSA) is 47.0 Å². The van der Waals surface area contributed by atoms with E-state index in [0.29, 0.717) is 0 Å². The normalized spacial score (nSPS) is 12.1. The van der Waals surface area contributed by atoms with Crippen molar-refractivity contribution in [3.05, 3.63) is 54.1 Å². The first-order valence-corrected chi connectivity index (χ1v) is 6.49. The van der Waals surface area contributed by atoms with Gasteiger partial charge in [0.2, 0.25) is 0 Å². The minimum atomic E-state index is 0.00444. The van der Waals surface area contributed by atoms with Crippen molar-refractivity contribution in [2.75, 3.05) is 13.7 Å². The van der Waals surface area contributed by atoms with Gasteiger partial charge in [0.15, 0.2) is 0 Å². The van der Waals surface area contributed by atoms with E-state index < -0.39 is 0 Å². The largest absolute Gasteiger partial charge is 0.495 e. The van der Waals surface area contributed by atoms with Crippen LogP contribution in [0.15, 0.2) is 42.9 Å². The molecule has 0 aromatic carbocycles. The molecule has 0 saturated carbocycles. The van der Waals surface area contributed by atoms with Crippen LogP contribution in [0.25, 0.3) is 0 Å². The third-order valence-electron chi connectivity index (χ3n) is 2.91. The third-order valence-corrected chi connectivity index (χ3v) is 2.91. The fourth-order valence-corrected chi connectivity index (χ4v) is 2.00. The molecule has 0 fully saturated rings. The fraction of sp³-hybridized carbons (Fsp3) is 0.333. The van der Waals surface area contributed by atoms with E-state index in [1.807, 2.05) is 24.4 Å². The smallest absolute Gasteiger partial charge is 0.142 e. The Bertz CT molecular complexity index is 502. The molecule has 0 aliphatic heterocycles. The highest BCUT2D eigenvalue weighted by Gasteiger charge is 2.18. The number of pyridine rings is 2. The zero-order valence-corrected chi connectivity index (χ0v) is 11.3. The highest BCUT2D eigenvalue weighted by atomic mass is 16.5. The molecule has 4 nitrogen and oxygen atoms in total. The zero-order valence-electron chi connectivity index (χ0n) is 11.3. The van der Waals surface area contributed by atoms with Gasteiger partial charge in [-0.2, -0.15) is 0 Å². The Morgan fingerprint density at radius 3 is 2.79 bits per heavy atom. The summed E-state index contributed by atoms with van der Waals surface area (Å²) in [7, 11) is 1.67. The molecule has 1 N–H and O–H groups in total. The van der Waals surface area contributed by atoms with Crippen molar-refractivity contribution >= 4 is 0 Å². The molecule has 2 heterocycles. The lowest BCUT2D eigenvalue weighted by atomic mass is 10.0. The Labute approximate surface area is 113 Å². The van der Waals surface area contributed by atoms with Gasteiger partial charge in [-0.25, -0.2) is 0 Å². The fourth-order valence-electron chi connectivity index (χ4n) is 2.00. The second-order valence-electron chi connectivity index (χ2n) is 4.26. The molecule has 0 aliphatic rings. The monoisotopic (exact) mass is 257 g/mol. The van der Waals surface area contributed by atoms with Crippen LogP contribution in [0, 0.1) is 0 Å². The molecule has 1 unspecified atom stereocenters. The van der Waals surface area contributed by atoms with Gasteiger partial charge in [-0.1, -0.05) is 13.0 Å². The molecule has 2 rings (SSSR count). The van der Waals surface area contributed by atoms with E-state index in [1.54, 1.807) is 19.5 Å². The van der Waals surface area contributed by atoms with Gasteiger partial charge in [0.05, 0.1) is 13.2 Å². The summed E-state index contributed by atoms with van der Waals surface area (Å²) in [4.78, 5) is 8.65. The summed E-state index contributed by atoms with van der Waals surface area (Å²) in [6.45, 7) is 3.06. The first kappa shape index (κ1) is 13.5. The molecule has 0 aliphatic carbocycles. The predicted octanol–water partition coefficient (Wildman–Crippen LogP) is 2.57. The van der Waals surface area contributed by atoms with Crippen LogP contribution in [-0.4, -0.2) is 23.6 Å². The Hall–Kier alpha value is -1.94. The number of hydrogen-bond donors (Lipinski definition) is 1. The number of nitrogens with one attached hydrogen (secondary N) is 1. The summed E-state index contributed by atoms with van der Waals surface area (Å²) in [6.07, 6.45) is 6.48. The Morgan fingerprint density at radius 1 is 1.26 bits per heavy atom. The SMILES string of the molecule is CCCNC(c1cccnc1)c1ncccc1OC. The lowest BCUT2D eigenvalue weighted by Crippen LogP contribution is -2.24. The van der Waals surface area contributed by atoms with Gasteiger partial charge < -0.3 is 10.1 Å². The number of nitrogens with zero attached hydrogens (tertiary/aromatic N) is 2. The average Bonchev–Trinajstić information content (AvgIpc) is 2.49. The number of rotatable bonds is 6. The van der Waals surface area contributed by atoms with Gasteiger partial charge in [0.1, 0.15) is 11.4 Å². The summed E-state index contributed by atoms with van der Waals surface area (Å²) in [5.74, 6) is 0.792. The van der Waals surface area contributed by atoms with Crippen LogP contribution in [-0.2, 0) is 0 Å². The summed E-state index contributed by atoms with van der Waals surface area (Å²) in [5, 5.41) is 3.49. The van der Waals surface area contributed by atoms with Crippen molar-refractivity contribution in [3.63, 3.8) is 0 Å². The van der Waals surface area contributed by atoms with Crippen molar-refractivity contribution in [2.45, 2.75) is 19.4 Å². The maximum Gasteiger partial charge on any atom is 0.142 e. The van der Waals surface area contributed by atoms with Gasteiger partial charge in [-0.3, -0.25) is 9.97 Å². The quantitative estimate of drug-likeness (QED) is 0.864. The van der Waals surface area contributed by atoms with Crippen molar-refractivity contribution in [1.82, 2.24) is 15.3 Å². The molecule has 2 aromatic heterocycles. The molecule has 0 radical (unpaired) electrons. The van der Waals surface area contributed by atoms with Gasteiger partial charge in [0.25, 0.3) is 0 Å². The highest BCUT2D eigenvalue weighted by molar-refractivity contribution is 5.35. The molecule has 100 valence electrons. The van der Waals surface area contributed by atoms with Crippen molar-refractivity contribution < 1.29 is 4.74 Å². The average molecular weight is 257 g/mol. The first-order valence-electron chi connectivity index (χ1n) is 6.49. The van der Waals surface area contributed by atoms with Crippen LogP contribution in [0.5, 0.6) is 5.75 Å². The molecule has 19 heavy (non-hydrogen) atoms. The molecule has 1 atom stereocenters. The number of aromatic nitrogens is 2. The van der Waals surface area contributed by atoms with Crippen molar-refractivity contribution in [3.8, 4) is 5.75 Å². The number of methoxy groups -OCH3 is 1. The zero-order chi connectivity index (χ0) is 13.5. The van der Waals surface area contributed by atoms with E-state index in [4.69, 9.17) is 4.74 Å². The second kappa shape index (κ2) is 6.85. The van der Waals surface area contributed by atoms with Crippen LogP contribution in [0.4, 0.5) is 0 Å². The predicted molar refractivity (Wildman–Crippen MR) is 75.2 cm³/mol. The molecule has 0 amide bonds. The van der Waals surface area contributed by atoms with Crippen molar-refractivity contribution in [2.24, 2.45) is 0 Å². The minimum absolute atomic E-state index is 0.00444. The van der Waals surface area contributed by atoms with Gasteiger partial charge in [-0.05, 0) is 36.7 Å². The summed E-state index contributed by atoms with van der Waals surface area (Å²) in [6, 6.07) is 7.80. The number of hydrogen-bond acceptors (Lipinski definition) is 4. The van der Waals surface area contributed by atoms with E-state index in [2.05, 4.69) is 28.3 Å². The molecule has 0 saturated heterocycles. The van der Waals surface area contributed by atoms with E-state index in [-0.39, 0.29) is 6.04 Å². The summed E-state index contributed by atoms with van der Waals surface area (Å²) in [5.41, 5.74) is 1.99. The Kier molecular flexibility index (Phi) is 4.86. The van der Waals surface area contributed by atoms with E-state index in [0.717, 1.165) is 30.0 Å². The van der Waals surface area contributed by atoms with Gasteiger partial charge in [0, 0.05) is 18.6 Å². The Morgan fingerprint density at radius 2 is 2.11 bits per heavy atom. The third kappa shape index (κ3) is 3.29. The van der Waals surface area contributed by atoms with Crippen LogP contribution in [0.1, 0.15) is 30.6 Å². The van der Waals surface area contributed by atoms with Crippen LogP contribution < -0.4 is 10.1 Å². The summed E-state index contributed by atoms with van der Waals surface area (Å²) < 4.78 is 5.40. The standard InChI is InChI=1S/C15H19N3O/c1-3-8-17-14(12-6-4-9-16-11-12)15-13(19-2)7-5-10-18-15/h4-7,9-11,14,17H,3,8H2,1-2H3. The maximum absolute atomic E-state index is 5.40. The Balaban J connectivity index is 2.37. The highest BCUT2D eigenvalue weighted by Crippen LogP contribution is 2.27. The molecule has 0 bridgehead atoms. The first-order chi connectivity index (χ1) is 9.36. The van der Waals surface area contributed by atoms with Crippen LogP contribution in [0.2, 0.25) is 0 Å². The lowest BCUT2D eigenvalue weighted by molar-refractivity contribution is 0.399. The van der Waals surface area contributed by atoms with Gasteiger partial charge >= 0.3 is 0 Å². The molecule has 0 spiro atoms. The van der Waals surface area contributed by atoms with Crippen molar-refractivity contribution in [1.29, 1.82) is 0 Å². The van der Waals surface area contributed by atoms with E-state index >= 15 is 0 Å². The molecule has 2 aromatic rings. The summed E-state index contributed by atoms with van der Waals surface area (Å²) >= 11 is 0.